The third-order valence-corrected chi connectivity index (χ3v) is 6.14. The van der Waals surface area contributed by atoms with Crippen LogP contribution in [-0.2, 0) is 16.0 Å². The average molecular weight is 483 g/mol. The lowest BCUT2D eigenvalue weighted by Gasteiger charge is -2.23. The summed E-state index contributed by atoms with van der Waals surface area (Å²) in [6, 6.07) is 10.5. The van der Waals surface area contributed by atoms with Gasteiger partial charge in [-0.25, -0.2) is 9.18 Å². The molecule has 176 valence electrons. The molecule has 2 heterocycles. The Kier molecular flexibility index (Phi) is 6.92. The lowest BCUT2D eigenvalue weighted by atomic mass is 10.1. The molecule has 3 N–H and O–H groups in total. The molecule has 11 heteroatoms. The first kappa shape index (κ1) is 23.4. The number of hydrogen-bond acceptors (Lipinski definition) is 6. The summed E-state index contributed by atoms with van der Waals surface area (Å²) in [5.41, 5.74) is 3.37. The number of anilines is 1. The summed E-state index contributed by atoms with van der Waals surface area (Å²) in [5.74, 6) is -0.380. The molecule has 3 aromatic rings. The van der Waals surface area contributed by atoms with Crippen LogP contribution in [0.4, 0.5) is 14.9 Å². The minimum absolute atomic E-state index is 0.0585. The van der Waals surface area contributed by atoms with Crippen molar-refractivity contribution in [1.82, 2.24) is 25.4 Å². The zero-order chi connectivity index (χ0) is 24.2. The van der Waals surface area contributed by atoms with Gasteiger partial charge in [0, 0.05) is 24.6 Å². The average Bonchev–Trinajstić information content (AvgIpc) is 3.17. The van der Waals surface area contributed by atoms with Crippen molar-refractivity contribution in [2.24, 2.45) is 0 Å². The van der Waals surface area contributed by atoms with Gasteiger partial charge in [-0.1, -0.05) is 23.9 Å². The highest BCUT2D eigenvalue weighted by Crippen LogP contribution is 2.26. The third kappa shape index (κ3) is 5.60. The molecule has 0 radical (unpaired) electrons. The number of amides is 4. The summed E-state index contributed by atoms with van der Waals surface area (Å²) in [4.78, 5) is 36.0. The Hall–Kier alpha value is -3.73. The van der Waals surface area contributed by atoms with Crippen molar-refractivity contribution in [3.63, 3.8) is 0 Å². The molecule has 1 unspecified atom stereocenters. The fourth-order valence-electron chi connectivity index (χ4n) is 3.61. The fraction of sp³-hybridized carbons (Fsp3) is 0.261. The van der Waals surface area contributed by atoms with E-state index in [2.05, 4.69) is 26.1 Å². The molecule has 34 heavy (non-hydrogen) atoms. The minimum atomic E-state index is -0.536. The van der Waals surface area contributed by atoms with Crippen molar-refractivity contribution in [2.45, 2.75) is 37.9 Å². The Bertz CT molecular complexity index is 1230. The van der Waals surface area contributed by atoms with Crippen LogP contribution >= 0.6 is 11.8 Å². The van der Waals surface area contributed by atoms with Crippen LogP contribution in [0.5, 0.6) is 0 Å². The van der Waals surface area contributed by atoms with Gasteiger partial charge in [0.05, 0.1) is 11.4 Å². The molecule has 1 saturated heterocycles. The van der Waals surface area contributed by atoms with E-state index in [1.807, 2.05) is 36.6 Å². The summed E-state index contributed by atoms with van der Waals surface area (Å²) in [5, 5.41) is 16.8. The number of aryl methyl sites for hydroxylation is 2. The number of nitrogens with one attached hydrogen (secondary N) is 3. The van der Waals surface area contributed by atoms with Crippen LogP contribution in [0.15, 0.2) is 47.6 Å². The van der Waals surface area contributed by atoms with Crippen molar-refractivity contribution in [2.75, 3.05) is 11.1 Å². The molecule has 1 atom stereocenters. The Morgan fingerprint density at radius 3 is 2.68 bits per heavy atom. The first-order valence-electron chi connectivity index (χ1n) is 10.6. The molecule has 1 aromatic heterocycles. The van der Waals surface area contributed by atoms with Crippen LogP contribution in [0.2, 0.25) is 0 Å². The predicted octanol–water partition coefficient (Wildman–Crippen LogP) is 2.89. The highest BCUT2D eigenvalue weighted by Gasteiger charge is 2.27. The lowest BCUT2D eigenvalue weighted by molar-refractivity contribution is -0.121. The Balaban J connectivity index is 1.57. The van der Waals surface area contributed by atoms with Gasteiger partial charge >= 0.3 is 6.03 Å². The van der Waals surface area contributed by atoms with Gasteiger partial charge in [0.25, 0.3) is 0 Å². The van der Waals surface area contributed by atoms with E-state index in [0.717, 1.165) is 16.8 Å². The van der Waals surface area contributed by atoms with E-state index >= 15 is 0 Å². The highest BCUT2D eigenvalue weighted by atomic mass is 32.2. The van der Waals surface area contributed by atoms with E-state index in [-0.39, 0.29) is 29.8 Å². The summed E-state index contributed by atoms with van der Waals surface area (Å²) in [6.07, 6.45) is 0.426. The van der Waals surface area contributed by atoms with E-state index in [1.54, 1.807) is 0 Å². The normalized spacial score (nSPS) is 15.6. The monoisotopic (exact) mass is 482 g/mol. The number of halogens is 1. The van der Waals surface area contributed by atoms with Crippen molar-refractivity contribution in [3.8, 4) is 5.69 Å². The summed E-state index contributed by atoms with van der Waals surface area (Å²) < 4.78 is 15.0. The summed E-state index contributed by atoms with van der Waals surface area (Å²) >= 11 is 1.21. The van der Waals surface area contributed by atoms with Crippen LogP contribution in [0, 0.1) is 19.7 Å². The molecule has 1 aliphatic rings. The number of rotatable bonds is 7. The Labute approximate surface area is 199 Å². The van der Waals surface area contributed by atoms with Crippen molar-refractivity contribution in [1.29, 1.82) is 0 Å². The Morgan fingerprint density at radius 1 is 1.18 bits per heavy atom. The number of carbonyl (C=O) groups excluding carboxylic acids is 3. The number of aromatic nitrogens is 3. The molecule has 0 saturated carbocycles. The second-order valence-corrected chi connectivity index (χ2v) is 8.94. The molecule has 2 aromatic carbocycles. The fourth-order valence-corrected chi connectivity index (χ4v) is 4.37. The SMILES string of the molecule is Cc1ccc(C)c(-n2c(CC3CC(=O)NC(=O)N3)nnc2SCC(=O)Nc2ccc(F)cc2)c1. The molecule has 0 spiro atoms. The Morgan fingerprint density at radius 2 is 1.94 bits per heavy atom. The maximum absolute atomic E-state index is 13.1. The van der Waals surface area contributed by atoms with Crippen LogP contribution in [0.3, 0.4) is 0 Å². The number of urea groups is 1. The quantitative estimate of drug-likeness (QED) is 0.446. The number of benzene rings is 2. The minimum Gasteiger partial charge on any atom is -0.334 e. The number of imide groups is 1. The molecular formula is C23H23FN6O3S. The van der Waals surface area contributed by atoms with Crippen LogP contribution < -0.4 is 16.0 Å². The summed E-state index contributed by atoms with van der Waals surface area (Å²) in [6.45, 7) is 3.94. The molecule has 1 fully saturated rings. The van der Waals surface area contributed by atoms with E-state index in [9.17, 15) is 18.8 Å². The van der Waals surface area contributed by atoms with E-state index in [1.165, 1.54) is 36.0 Å². The topological polar surface area (TPSA) is 118 Å². The van der Waals surface area contributed by atoms with Crippen LogP contribution in [0.1, 0.15) is 23.4 Å². The number of carbonyl (C=O) groups is 3. The second-order valence-electron chi connectivity index (χ2n) is 7.99. The van der Waals surface area contributed by atoms with Crippen molar-refractivity contribution >= 4 is 35.3 Å². The smallest absolute Gasteiger partial charge is 0.321 e. The summed E-state index contributed by atoms with van der Waals surface area (Å²) in [7, 11) is 0. The molecular weight excluding hydrogens is 459 g/mol. The van der Waals surface area contributed by atoms with Crippen LogP contribution in [0.25, 0.3) is 5.69 Å². The largest absolute Gasteiger partial charge is 0.334 e. The molecule has 0 aliphatic carbocycles. The van der Waals surface area contributed by atoms with Gasteiger partial charge in [0.1, 0.15) is 11.6 Å². The lowest BCUT2D eigenvalue weighted by Crippen LogP contribution is -2.53. The van der Waals surface area contributed by atoms with Gasteiger partial charge in [-0.2, -0.15) is 0 Å². The van der Waals surface area contributed by atoms with Gasteiger partial charge in [0.15, 0.2) is 5.16 Å². The van der Waals surface area contributed by atoms with E-state index in [0.29, 0.717) is 23.1 Å². The maximum atomic E-state index is 13.1. The third-order valence-electron chi connectivity index (χ3n) is 5.22. The first-order valence-corrected chi connectivity index (χ1v) is 11.6. The van der Waals surface area contributed by atoms with Crippen LogP contribution in [-0.4, -0.2) is 44.4 Å². The molecule has 0 bridgehead atoms. The van der Waals surface area contributed by atoms with Gasteiger partial charge in [0.2, 0.25) is 11.8 Å². The van der Waals surface area contributed by atoms with Gasteiger partial charge in [-0.3, -0.25) is 19.5 Å². The molecule has 9 nitrogen and oxygen atoms in total. The standard InChI is InChI=1S/C23H23FN6O3S/c1-13-3-4-14(2)18(9-13)30-19(10-17-11-20(31)27-22(33)26-17)28-29-23(30)34-12-21(32)25-16-7-5-15(24)6-8-16/h3-9,17H,10-12H2,1-2H3,(H,25,32)(H2,26,27,31,33). The molecule has 4 rings (SSSR count). The van der Waals surface area contributed by atoms with Gasteiger partial charge in [-0.05, 0) is 55.3 Å². The predicted molar refractivity (Wildman–Crippen MR) is 125 cm³/mol. The molecule has 4 amide bonds. The number of thioether (sulfide) groups is 1. The maximum Gasteiger partial charge on any atom is 0.321 e. The zero-order valence-corrected chi connectivity index (χ0v) is 19.4. The van der Waals surface area contributed by atoms with Crippen molar-refractivity contribution in [3.05, 3.63) is 65.2 Å². The van der Waals surface area contributed by atoms with E-state index in [4.69, 9.17) is 0 Å². The highest BCUT2D eigenvalue weighted by molar-refractivity contribution is 7.99. The van der Waals surface area contributed by atoms with Crippen molar-refractivity contribution < 1.29 is 18.8 Å². The number of hydrogen-bond donors (Lipinski definition) is 3. The molecule has 1 aliphatic heterocycles. The second kappa shape index (κ2) is 10.0. The van der Waals surface area contributed by atoms with Gasteiger partial charge in [-0.15, -0.1) is 10.2 Å². The first-order chi connectivity index (χ1) is 16.3. The van der Waals surface area contributed by atoms with Gasteiger partial charge < -0.3 is 10.6 Å². The number of nitrogens with zero attached hydrogens (tertiary/aromatic N) is 3. The van der Waals surface area contributed by atoms with E-state index < -0.39 is 12.1 Å². The zero-order valence-electron chi connectivity index (χ0n) is 18.6.